The van der Waals surface area contributed by atoms with Crippen LogP contribution in [-0.4, -0.2) is 34.5 Å². The van der Waals surface area contributed by atoms with Crippen molar-refractivity contribution in [1.82, 2.24) is 20.2 Å². The highest BCUT2D eigenvalue weighted by Gasteiger charge is 2.20. The number of halogens is 3. The number of piperidine rings is 1. The van der Waals surface area contributed by atoms with Gasteiger partial charge in [0.2, 0.25) is 5.95 Å². The average molecular weight is 499 g/mol. The van der Waals surface area contributed by atoms with E-state index in [-0.39, 0.29) is 0 Å². The monoisotopic (exact) mass is 498 g/mol. The van der Waals surface area contributed by atoms with Crippen molar-refractivity contribution in [3.8, 4) is 11.3 Å². The molecule has 7 heteroatoms. The summed E-state index contributed by atoms with van der Waals surface area (Å²) in [7, 11) is 0. The number of nitrogens with zero attached hydrogens (tertiary/aromatic N) is 3. The van der Waals surface area contributed by atoms with Gasteiger partial charge in [-0.25, -0.2) is 4.98 Å². The third kappa shape index (κ3) is 7.02. The number of likely N-dealkylation sites (tertiary alicyclic amines) is 1. The number of nitrogens with one attached hydrogen (secondary N) is 1. The van der Waals surface area contributed by atoms with Gasteiger partial charge in [0.25, 0.3) is 0 Å². The summed E-state index contributed by atoms with van der Waals surface area (Å²) in [5.74, 6) is 0.192. The number of rotatable bonds is 8. The van der Waals surface area contributed by atoms with Gasteiger partial charge in [-0.2, -0.15) is 4.39 Å². The van der Waals surface area contributed by atoms with Crippen molar-refractivity contribution in [1.29, 1.82) is 0 Å². The molecule has 4 nitrogen and oxygen atoms in total. The molecule has 34 heavy (non-hydrogen) atoms. The molecule has 178 valence electrons. The number of hydrogen-bond acceptors (Lipinski definition) is 4. The molecular weight excluding hydrogens is 470 g/mol. The van der Waals surface area contributed by atoms with Crippen molar-refractivity contribution >= 4 is 23.2 Å². The lowest BCUT2D eigenvalue weighted by atomic mass is 9.96. The second kappa shape index (κ2) is 11.3. The van der Waals surface area contributed by atoms with Crippen LogP contribution in [0.2, 0.25) is 10.0 Å². The first-order chi connectivity index (χ1) is 16.3. The lowest BCUT2D eigenvalue weighted by Gasteiger charge is -2.32. The van der Waals surface area contributed by atoms with Gasteiger partial charge in [0.15, 0.2) is 0 Å². The fourth-order valence-corrected chi connectivity index (χ4v) is 4.85. The summed E-state index contributed by atoms with van der Waals surface area (Å²) in [6.45, 7) is 9.89. The quantitative estimate of drug-likeness (QED) is 0.359. The van der Waals surface area contributed by atoms with E-state index in [1.54, 1.807) is 18.3 Å². The van der Waals surface area contributed by atoms with E-state index >= 15 is 0 Å². The summed E-state index contributed by atoms with van der Waals surface area (Å²) in [4.78, 5) is 11.1. The fourth-order valence-electron chi connectivity index (χ4n) is 4.33. The molecule has 1 fully saturated rings. The molecule has 3 heterocycles. The highest BCUT2D eigenvalue weighted by molar-refractivity contribution is 6.35. The molecule has 4 rings (SSSR count). The molecule has 3 aromatic rings. The number of allylic oxidation sites excluding steroid dienone is 1. The van der Waals surface area contributed by atoms with Gasteiger partial charge in [-0.1, -0.05) is 35.8 Å². The van der Waals surface area contributed by atoms with Crippen LogP contribution < -0.4 is 5.32 Å². The van der Waals surface area contributed by atoms with Crippen LogP contribution in [0.5, 0.6) is 0 Å². The van der Waals surface area contributed by atoms with Gasteiger partial charge in [-0.15, -0.1) is 0 Å². The van der Waals surface area contributed by atoms with Gasteiger partial charge in [0, 0.05) is 52.7 Å². The Labute approximate surface area is 210 Å². The van der Waals surface area contributed by atoms with Crippen LogP contribution in [0.3, 0.4) is 0 Å². The van der Waals surface area contributed by atoms with Crippen LogP contribution in [-0.2, 0) is 13.0 Å². The van der Waals surface area contributed by atoms with Crippen molar-refractivity contribution in [2.24, 2.45) is 5.92 Å². The van der Waals surface area contributed by atoms with E-state index < -0.39 is 5.95 Å². The molecule has 1 aliphatic rings. The Morgan fingerprint density at radius 3 is 2.47 bits per heavy atom. The molecule has 1 aliphatic heterocycles. The summed E-state index contributed by atoms with van der Waals surface area (Å²) in [6, 6.07) is 12.8. The topological polar surface area (TPSA) is 41.0 Å². The van der Waals surface area contributed by atoms with Crippen molar-refractivity contribution in [3.63, 3.8) is 0 Å². The van der Waals surface area contributed by atoms with E-state index in [4.69, 9.17) is 28.2 Å². The van der Waals surface area contributed by atoms with Crippen LogP contribution >= 0.6 is 23.2 Å². The maximum absolute atomic E-state index is 13.3. The molecule has 0 radical (unpaired) electrons. The molecule has 0 atom stereocenters. The molecule has 0 saturated carbocycles. The predicted octanol–water partition coefficient (Wildman–Crippen LogP) is 6.52. The van der Waals surface area contributed by atoms with E-state index in [2.05, 4.69) is 33.9 Å². The van der Waals surface area contributed by atoms with Crippen molar-refractivity contribution in [2.45, 2.75) is 32.7 Å². The van der Waals surface area contributed by atoms with E-state index in [0.29, 0.717) is 22.4 Å². The molecule has 0 amide bonds. The Balaban J connectivity index is 1.54. The van der Waals surface area contributed by atoms with Gasteiger partial charge in [0.05, 0.1) is 5.69 Å². The predicted molar refractivity (Wildman–Crippen MR) is 138 cm³/mol. The van der Waals surface area contributed by atoms with Crippen LogP contribution in [0.25, 0.3) is 11.3 Å². The summed E-state index contributed by atoms with van der Waals surface area (Å²) in [5.41, 5.74) is 5.72. The minimum absolute atomic E-state index is 0.485. The molecule has 0 bridgehead atoms. The zero-order valence-corrected chi connectivity index (χ0v) is 20.8. The first-order valence-corrected chi connectivity index (χ1v) is 12.3. The third-order valence-electron chi connectivity index (χ3n) is 6.08. The first kappa shape index (κ1) is 24.6. The second-order valence-electron chi connectivity index (χ2n) is 9.06. The van der Waals surface area contributed by atoms with Gasteiger partial charge in [0.1, 0.15) is 0 Å². The van der Waals surface area contributed by atoms with Crippen LogP contribution in [0.15, 0.2) is 60.9 Å². The minimum Gasteiger partial charge on any atom is -0.389 e. The minimum atomic E-state index is -0.485. The maximum Gasteiger partial charge on any atom is 0.212 e. The fraction of sp³-hybridized carbons (Fsp3) is 0.333. The van der Waals surface area contributed by atoms with E-state index in [0.717, 1.165) is 67.2 Å². The van der Waals surface area contributed by atoms with Crippen molar-refractivity contribution < 1.29 is 4.39 Å². The third-order valence-corrected chi connectivity index (χ3v) is 6.51. The molecule has 0 unspecified atom stereocenters. The Morgan fingerprint density at radius 1 is 1.09 bits per heavy atom. The standard InChI is InChI=1S/C27H29Cl2FN4/c1-18(2)31-15-19-5-7-34(8-6-19)17-21-10-25(9-20-3-4-27(30)32-16-20)33-26(11-21)22-12-23(28)14-24(29)13-22/h3-4,10-14,16,19,31H,1,5-9,15,17H2,2H3. The lowest BCUT2D eigenvalue weighted by molar-refractivity contribution is 0.177. The maximum atomic E-state index is 13.3. The van der Waals surface area contributed by atoms with Gasteiger partial charge >= 0.3 is 0 Å². The zero-order valence-electron chi connectivity index (χ0n) is 19.3. The van der Waals surface area contributed by atoms with E-state index in [9.17, 15) is 4.39 Å². The smallest absolute Gasteiger partial charge is 0.212 e. The summed E-state index contributed by atoms with van der Waals surface area (Å²) in [6.07, 6.45) is 4.45. The Hall–Kier alpha value is -2.47. The normalized spacial score (nSPS) is 14.8. The SMILES string of the molecule is C=C(C)NCC1CCN(Cc2cc(Cc3ccc(F)nc3)nc(-c3cc(Cl)cc(Cl)c3)c2)CC1. The summed E-state index contributed by atoms with van der Waals surface area (Å²) in [5, 5.41) is 4.52. The molecule has 1 saturated heterocycles. The first-order valence-electron chi connectivity index (χ1n) is 11.5. The van der Waals surface area contributed by atoms with Crippen molar-refractivity contribution in [3.05, 3.63) is 93.8 Å². The molecule has 2 aromatic heterocycles. The lowest BCUT2D eigenvalue weighted by Crippen LogP contribution is -2.36. The summed E-state index contributed by atoms with van der Waals surface area (Å²) < 4.78 is 13.3. The molecule has 1 aromatic carbocycles. The molecule has 0 aliphatic carbocycles. The molecule has 1 N–H and O–H groups in total. The molecule has 0 spiro atoms. The largest absolute Gasteiger partial charge is 0.389 e. The number of aromatic nitrogens is 2. The second-order valence-corrected chi connectivity index (χ2v) is 9.93. The van der Waals surface area contributed by atoms with Crippen LogP contribution in [0.1, 0.15) is 36.6 Å². The van der Waals surface area contributed by atoms with Crippen LogP contribution in [0.4, 0.5) is 4.39 Å². The number of pyridine rings is 2. The van der Waals surface area contributed by atoms with Crippen molar-refractivity contribution in [2.75, 3.05) is 19.6 Å². The Kier molecular flexibility index (Phi) is 8.19. The average Bonchev–Trinajstić information content (AvgIpc) is 2.79. The Morgan fingerprint density at radius 2 is 1.82 bits per heavy atom. The van der Waals surface area contributed by atoms with Gasteiger partial charge in [-0.05, 0) is 86.3 Å². The van der Waals surface area contributed by atoms with Crippen LogP contribution in [0, 0.1) is 11.9 Å². The molecular formula is C27H29Cl2FN4. The van der Waals surface area contributed by atoms with E-state index in [1.165, 1.54) is 11.6 Å². The zero-order chi connectivity index (χ0) is 24.1. The number of hydrogen-bond donors (Lipinski definition) is 1. The van der Waals surface area contributed by atoms with E-state index in [1.807, 2.05) is 19.1 Å². The highest BCUT2D eigenvalue weighted by atomic mass is 35.5. The Bertz CT molecular complexity index is 1120. The number of benzene rings is 1. The van der Waals surface area contributed by atoms with Gasteiger partial charge < -0.3 is 5.32 Å². The van der Waals surface area contributed by atoms with Gasteiger partial charge in [-0.3, -0.25) is 9.88 Å². The highest BCUT2D eigenvalue weighted by Crippen LogP contribution is 2.28. The summed E-state index contributed by atoms with van der Waals surface area (Å²) >= 11 is 12.5.